The fraction of sp³-hybridized carbons (Fsp3) is 0.150. The van der Waals surface area contributed by atoms with Crippen molar-refractivity contribution in [3.8, 4) is 5.75 Å². The Balaban J connectivity index is 1.85. The molecule has 0 radical (unpaired) electrons. The van der Waals surface area contributed by atoms with Crippen LogP contribution < -0.4 is 10.9 Å². The zero-order valence-electron chi connectivity index (χ0n) is 14.1. The van der Waals surface area contributed by atoms with E-state index < -0.39 is 5.63 Å². The highest BCUT2D eigenvalue weighted by Crippen LogP contribution is 2.32. The second-order valence-electron chi connectivity index (χ2n) is 6.14. The van der Waals surface area contributed by atoms with Crippen LogP contribution in [0.25, 0.3) is 0 Å². The molecule has 1 aliphatic rings. The largest absolute Gasteiger partial charge is 0.507 e. The highest BCUT2D eigenvalue weighted by molar-refractivity contribution is 6.10. The Kier molecular flexibility index (Phi) is 4.01. The van der Waals surface area contributed by atoms with Crippen LogP contribution >= 0.6 is 0 Å². The number of benzene rings is 1. The lowest BCUT2D eigenvalue weighted by Gasteiger charge is -2.27. The average molecular weight is 347 g/mol. The summed E-state index contributed by atoms with van der Waals surface area (Å²) in [6.45, 7) is 1.62. The number of aliphatic imine (C=N–C) groups is 1. The molecule has 1 aromatic carbocycles. The average Bonchev–Trinajstić information content (AvgIpc) is 2.62. The molecule has 26 heavy (non-hydrogen) atoms. The molecular weight excluding hydrogens is 330 g/mol. The van der Waals surface area contributed by atoms with Gasteiger partial charge in [-0.3, -0.25) is 4.98 Å². The molecule has 0 amide bonds. The molecule has 0 aliphatic carbocycles. The number of nitrogens with zero attached hydrogens (tertiary/aromatic N) is 2. The van der Waals surface area contributed by atoms with Gasteiger partial charge in [0.2, 0.25) is 0 Å². The van der Waals surface area contributed by atoms with E-state index >= 15 is 0 Å². The van der Waals surface area contributed by atoms with E-state index in [1.165, 1.54) is 6.07 Å². The second kappa shape index (κ2) is 6.48. The minimum Gasteiger partial charge on any atom is -0.507 e. The maximum Gasteiger partial charge on any atom is 0.348 e. The molecule has 130 valence electrons. The summed E-state index contributed by atoms with van der Waals surface area (Å²) in [6, 6.07) is 14.4. The van der Waals surface area contributed by atoms with Crippen LogP contribution in [-0.2, 0) is 6.42 Å². The van der Waals surface area contributed by atoms with Gasteiger partial charge in [0.25, 0.3) is 0 Å². The molecule has 1 aliphatic heterocycles. The van der Waals surface area contributed by atoms with E-state index in [2.05, 4.69) is 15.3 Å². The third kappa shape index (κ3) is 2.97. The lowest BCUT2D eigenvalue weighted by molar-refractivity contribution is 0.432. The normalized spacial score (nSPS) is 15.7. The minimum absolute atomic E-state index is 0.0820. The Bertz CT molecular complexity index is 1040. The number of anilines is 1. The molecule has 6 heteroatoms. The van der Waals surface area contributed by atoms with Crippen LogP contribution in [0.15, 0.2) is 68.9 Å². The maximum absolute atomic E-state index is 12.4. The number of aromatic nitrogens is 1. The van der Waals surface area contributed by atoms with Gasteiger partial charge < -0.3 is 14.8 Å². The summed E-state index contributed by atoms with van der Waals surface area (Å²) < 4.78 is 5.19. The maximum atomic E-state index is 12.4. The molecule has 0 bridgehead atoms. The van der Waals surface area contributed by atoms with E-state index in [0.29, 0.717) is 23.6 Å². The monoisotopic (exact) mass is 347 g/mol. The lowest BCUT2D eigenvalue weighted by atomic mass is 9.96. The molecule has 0 saturated heterocycles. The van der Waals surface area contributed by atoms with E-state index in [1.54, 1.807) is 13.1 Å². The van der Waals surface area contributed by atoms with E-state index in [-0.39, 0.29) is 17.4 Å². The van der Waals surface area contributed by atoms with E-state index in [4.69, 9.17) is 4.42 Å². The number of para-hydroxylation sites is 2. The SMILES string of the molecule is Cc1cc(O)c(C2=Nc3ccccc3NC2Cc2ccccn2)c(=O)o1. The zero-order valence-corrected chi connectivity index (χ0v) is 14.1. The summed E-state index contributed by atoms with van der Waals surface area (Å²) in [5, 5.41) is 13.8. The first-order chi connectivity index (χ1) is 12.6. The molecule has 2 aromatic heterocycles. The van der Waals surface area contributed by atoms with Crippen molar-refractivity contribution in [3.05, 3.63) is 82.2 Å². The van der Waals surface area contributed by atoms with Crippen molar-refractivity contribution in [1.29, 1.82) is 0 Å². The van der Waals surface area contributed by atoms with Crippen LogP contribution in [0.1, 0.15) is 17.0 Å². The van der Waals surface area contributed by atoms with Gasteiger partial charge in [-0.25, -0.2) is 9.79 Å². The van der Waals surface area contributed by atoms with Crippen LogP contribution in [0, 0.1) is 6.92 Å². The quantitative estimate of drug-likeness (QED) is 0.760. The molecule has 6 nitrogen and oxygen atoms in total. The first-order valence-corrected chi connectivity index (χ1v) is 8.30. The van der Waals surface area contributed by atoms with E-state index in [9.17, 15) is 9.90 Å². The van der Waals surface area contributed by atoms with Gasteiger partial charge in [-0.05, 0) is 31.2 Å². The van der Waals surface area contributed by atoms with Gasteiger partial charge >= 0.3 is 5.63 Å². The predicted octanol–water partition coefficient (Wildman–Crippen LogP) is 3.21. The van der Waals surface area contributed by atoms with Gasteiger partial charge in [-0.1, -0.05) is 18.2 Å². The van der Waals surface area contributed by atoms with Crippen molar-refractivity contribution in [2.24, 2.45) is 4.99 Å². The van der Waals surface area contributed by atoms with Crippen molar-refractivity contribution < 1.29 is 9.52 Å². The Morgan fingerprint density at radius 1 is 1.19 bits per heavy atom. The third-order valence-electron chi connectivity index (χ3n) is 4.25. The van der Waals surface area contributed by atoms with Crippen molar-refractivity contribution in [2.45, 2.75) is 19.4 Å². The number of aryl methyl sites for hydroxylation is 1. The highest BCUT2D eigenvalue weighted by atomic mass is 16.4. The summed E-state index contributed by atoms with van der Waals surface area (Å²) in [5.41, 5.74) is 2.35. The van der Waals surface area contributed by atoms with Gasteiger partial charge in [0.15, 0.2) is 0 Å². The smallest absolute Gasteiger partial charge is 0.348 e. The van der Waals surface area contributed by atoms with Crippen molar-refractivity contribution in [1.82, 2.24) is 4.98 Å². The fourth-order valence-electron chi connectivity index (χ4n) is 3.09. The van der Waals surface area contributed by atoms with Crippen LogP contribution in [0.5, 0.6) is 5.75 Å². The van der Waals surface area contributed by atoms with Crippen molar-refractivity contribution in [2.75, 3.05) is 5.32 Å². The first-order valence-electron chi connectivity index (χ1n) is 8.30. The number of aromatic hydroxyl groups is 1. The van der Waals surface area contributed by atoms with Crippen molar-refractivity contribution >= 4 is 17.1 Å². The highest BCUT2D eigenvalue weighted by Gasteiger charge is 2.29. The Morgan fingerprint density at radius 2 is 2.00 bits per heavy atom. The van der Waals surface area contributed by atoms with E-state index in [0.717, 1.165) is 11.4 Å². The Hall–Kier alpha value is -3.41. The molecule has 1 unspecified atom stereocenters. The zero-order chi connectivity index (χ0) is 18.1. The molecule has 2 N–H and O–H groups in total. The summed E-state index contributed by atoms with van der Waals surface area (Å²) >= 11 is 0. The molecule has 1 atom stereocenters. The summed E-state index contributed by atoms with van der Waals surface area (Å²) in [5.74, 6) is 0.215. The number of nitrogens with one attached hydrogen (secondary N) is 1. The molecular formula is C20H17N3O3. The van der Waals surface area contributed by atoms with Gasteiger partial charge in [0, 0.05) is 24.4 Å². The summed E-state index contributed by atoms with van der Waals surface area (Å²) in [7, 11) is 0. The topological polar surface area (TPSA) is 87.7 Å². The fourth-order valence-corrected chi connectivity index (χ4v) is 3.09. The summed E-state index contributed by atoms with van der Waals surface area (Å²) in [6.07, 6.45) is 2.24. The molecule has 0 fully saturated rings. The molecule has 3 heterocycles. The van der Waals surface area contributed by atoms with Crippen molar-refractivity contribution in [3.63, 3.8) is 0 Å². The first kappa shape index (κ1) is 16.1. The number of fused-ring (bicyclic) bond motifs is 1. The minimum atomic E-state index is -0.603. The molecule has 0 saturated carbocycles. The van der Waals surface area contributed by atoms with Crippen LogP contribution in [0.3, 0.4) is 0 Å². The van der Waals surface area contributed by atoms with E-state index in [1.807, 2.05) is 42.5 Å². The summed E-state index contributed by atoms with van der Waals surface area (Å²) in [4.78, 5) is 21.4. The second-order valence-corrected chi connectivity index (χ2v) is 6.14. The number of hydrogen-bond donors (Lipinski definition) is 2. The number of hydrogen-bond acceptors (Lipinski definition) is 6. The molecule has 4 rings (SSSR count). The van der Waals surface area contributed by atoms with Gasteiger partial charge in [0.1, 0.15) is 17.1 Å². The van der Waals surface area contributed by atoms with Crippen LogP contribution in [0.4, 0.5) is 11.4 Å². The molecule has 0 spiro atoms. The van der Waals surface area contributed by atoms with Gasteiger partial charge in [-0.15, -0.1) is 0 Å². The Morgan fingerprint density at radius 3 is 2.77 bits per heavy atom. The van der Waals surface area contributed by atoms with Crippen LogP contribution in [-0.4, -0.2) is 21.8 Å². The molecule has 3 aromatic rings. The van der Waals surface area contributed by atoms with Crippen LogP contribution in [0.2, 0.25) is 0 Å². The predicted molar refractivity (Wildman–Crippen MR) is 99.4 cm³/mol. The Labute approximate surface area is 149 Å². The van der Waals surface area contributed by atoms with Gasteiger partial charge in [-0.2, -0.15) is 0 Å². The lowest BCUT2D eigenvalue weighted by Crippen LogP contribution is -2.37. The van der Waals surface area contributed by atoms with Gasteiger partial charge in [0.05, 0.1) is 23.1 Å². The standard InChI is InChI=1S/C20H17N3O3/c1-12-10-17(24)18(20(25)26-12)19-16(11-13-6-4-5-9-21-13)22-14-7-2-3-8-15(14)23-19/h2-10,16,22,24H,11H2,1H3. The number of rotatable bonds is 3. The number of pyridine rings is 1. The third-order valence-corrected chi connectivity index (χ3v) is 4.25.